The summed E-state index contributed by atoms with van der Waals surface area (Å²) in [4.78, 5) is 13.1. The van der Waals surface area contributed by atoms with Crippen molar-refractivity contribution in [3.63, 3.8) is 0 Å². The lowest BCUT2D eigenvalue weighted by Crippen LogP contribution is -2.68. The Labute approximate surface area is 499 Å². The lowest BCUT2D eigenvalue weighted by Gasteiger charge is -2.59. The summed E-state index contributed by atoms with van der Waals surface area (Å²) in [5.41, 5.74) is 1.24. The van der Waals surface area contributed by atoms with Crippen LogP contribution in [-0.4, -0.2) is 264 Å². The van der Waals surface area contributed by atoms with Gasteiger partial charge in [-0.15, -0.1) is 0 Å². The van der Waals surface area contributed by atoms with E-state index in [9.17, 15) is 84.1 Å². The van der Waals surface area contributed by atoms with Crippen molar-refractivity contribution in [2.45, 2.75) is 272 Å². The molecule has 0 bridgehead atoms. The number of allylic oxidation sites excluding steroid dienone is 4. The minimum Gasteiger partial charge on any atom is -0.394 e. The van der Waals surface area contributed by atoms with Gasteiger partial charge in [0.2, 0.25) is 0 Å². The highest BCUT2D eigenvalue weighted by Crippen LogP contribution is 2.67. The predicted molar refractivity (Wildman–Crippen MR) is 290 cm³/mol. The molecule has 5 heterocycles. The molecular formula is C57H92O28S. The van der Waals surface area contributed by atoms with E-state index < -0.39 is 201 Å². The second kappa shape index (κ2) is 27.0. The van der Waals surface area contributed by atoms with Crippen molar-refractivity contribution >= 4 is 16.2 Å². The van der Waals surface area contributed by atoms with Gasteiger partial charge in [-0.05, 0) is 126 Å². The van der Waals surface area contributed by atoms with Crippen LogP contribution in [0.3, 0.4) is 0 Å². The fourth-order valence-corrected chi connectivity index (χ4v) is 16.4. The number of ether oxygens (including phenoxy) is 10. The number of carbonyl (C=O) groups is 1. The van der Waals surface area contributed by atoms with Crippen molar-refractivity contribution < 1.29 is 136 Å². The molecule has 9 rings (SSSR count). The highest BCUT2D eigenvalue weighted by atomic mass is 32.3. The van der Waals surface area contributed by atoms with E-state index in [-0.39, 0.29) is 47.7 Å². The van der Waals surface area contributed by atoms with Gasteiger partial charge < -0.3 is 114 Å². The number of hydrogen-bond acceptors (Lipinski definition) is 27. The minimum atomic E-state index is -4.89. The highest BCUT2D eigenvalue weighted by molar-refractivity contribution is 7.80. The van der Waals surface area contributed by atoms with Gasteiger partial charge in [-0.25, -0.2) is 4.18 Å². The van der Waals surface area contributed by atoms with Gasteiger partial charge in [0.05, 0.1) is 43.7 Å². The molecule has 0 spiro atoms. The molecule has 29 heteroatoms. The van der Waals surface area contributed by atoms with Gasteiger partial charge in [0.25, 0.3) is 0 Å². The van der Waals surface area contributed by atoms with Gasteiger partial charge in [-0.3, -0.25) is 9.35 Å². The van der Waals surface area contributed by atoms with Crippen molar-refractivity contribution in [1.82, 2.24) is 0 Å². The van der Waals surface area contributed by atoms with E-state index in [0.29, 0.717) is 19.3 Å². The first-order valence-corrected chi connectivity index (χ1v) is 31.5. The topological polar surface area (TPSA) is 436 Å². The quantitative estimate of drug-likeness (QED) is 0.0383. The molecule has 4 aliphatic carbocycles. The minimum absolute atomic E-state index is 0.0661. The second-order valence-electron chi connectivity index (χ2n) is 26.4. The van der Waals surface area contributed by atoms with Crippen LogP contribution in [0, 0.1) is 40.4 Å². The normalized spacial score (nSPS) is 51.1. The zero-order valence-corrected chi connectivity index (χ0v) is 50.4. The Morgan fingerprint density at radius 2 is 1.13 bits per heavy atom. The first-order chi connectivity index (χ1) is 40.3. The number of aliphatic hydroxyl groups is 13. The molecular weight excluding hydrogens is 1160 g/mol. The Balaban J connectivity index is 1.00. The van der Waals surface area contributed by atoms with Crippen molar-refractivity contribution in [1.29, 1.82) is 0 Å². The molecule has 28 unspecified atom stereocenters. The Kier molecular flexibility index (Phi) is 21.5. The monoisotopic (exact) mass is 1260 g/mol. The summed E-state index contributed by atoms with van der Waals surface area (Å²) in [6.45, 7) is 12.6. The molecule has 8 fully saturated rings. The zero-order chi connectivity index (χ0) is 63.0. The van der Waals surface area contributed by atoms with E-state index in [1.54, 1.807) is 6.08 Å². The van der Waals surface area contributed by atoms with Gasteiger partial charge in [0.1, 0.15) is 104 Å². The third-order valence-electron chi connectivity index (χ3n) is 20.5. The van der Waals surface area contributed by atoms with Crippen LogP contribution in [0.25, 0.3) is 0 Å². The first kappa shape index (κ1) is 68.5. The molecule has 14 N–H and O–H groups in total. The van der Waals surface area contributed by atoms with E-state index in [4.69, 9.17) is 51.6 Å². The summed E-state index contributed by atoms with van der Waals surface area (Å²) in [5.74, 6) is -0.164. The average Bonchev–Trinajstić information content (AvgIpc) is 1.29. The molecule has 86 heavy (non-hydrogen) atoms. The lowest BCUT2D eigenvalue weighted by atomic mass is 9.47. The van der Waals surface area contributed by atoms with Crippen LogP contribution in [0.15, 0.2) is 23.3 Å². The van der Waals surface area contributed by atoms with Crippen LogP contribution in [0.1, 0.15) is 107 Å². The zero-order valence-electron chi connectivity index (χ0n) is 49.6. The molecule has 5 aliphatic heterocycles. The molecule has 0 aromatic carbocycles. The fraction of sp³-hybridized carbons (Fsp3) is 0.912. The second-order valence-corrected chi connectivity index (χ2v) is 27.4. The molecule has 5 saturated heterocycles. The molecule has 3 saturated carbocycles. The maximum absolute atomic E-state index is 13.1. The molecule has 0 radical (unpaired) electrons. The number of carbonyl (C=O) groups excluding carboxylic acids is 1. The molecule has 0 amide bonds. The number of aliphatic hydroxyl groups excluding tert-OH is 13. The van der Waals surface area contributed by atoms with Crippen LogP contribution in [0.2, 0.25) is 0 Å². The van der Waals surface area contributed by atoms with Gasteiger partial charge in [0.15, 0.2) is 37.2 Å². The maximum atomic E-state index is 13.1. The summed E-state index contributed by atoms with van der Waals surface area (Å²) >= 11 is 0. The molecule has 0 aromatic heterocycles. The Hall–Kier alpha value is -1.90. The van der Waals surface area contributed by atoms with E-state index >= 15 is 0 Å². The molecule has 28 nitrogen and oxygen atoms in total. The summed E-state index contributed by atoms with van der Waals surface area (Å²) in [6, 6.07) is 0. The molecule has 494 valence electrons. The van der Waals surface area contributed by atoms with Crippen molar-refractivity contribution in [3.05, 3.63) is 23.3 Å². The van der Waals surface area contributed by atoms with Crippen LogP contribution in [0.4, 0.5) is 0 Å². The average molecular weight is 1260 g/mol. The number of ketones is 1. The lowest BCUT2D eigenvalue weighted by molar-refractivity contribution is -0.407. The fourth-order valence-electron chi connectivity index (χ4n) is 15.8. The first-order valence-electron chi connectivity index (χ1n) is 30.1. The number of fused-ring (bicyclic) bond motifs is 5. The summed E-state index contributed by atoms with van der Waals surface area (Å²) < 4.78 is 101. The van der Waals surface area contributed by atoms with Gasteiger partial charge in [0, 0.05) is 6.42 Å². The van der Waals surface area contributed by atoms with E-state index in [2.05, 4.69) is 26.8 Å². The standard InChI is InChI=1S/C57H92O28S/c1-21(2)15-26(60)16-22(3)29-9-10-30-28-18-33(32-17-27(85-86(72,73)74)11-13-57(32,8)31(28)12-14-56(29,30)7)78-53-46(71)48(39(64)35(20-59)79-53)82-54-50(84-52-44(69)41(66)37(62)24(5)76-52)45(70)47(25(6)77-54)81-55-49(42(67)38(63)34(19-58)80-55)83-51-43(68)40(65)36(61)23(4)75-51/h12,15,22-25,27-30,32-55,58-59,61-71H,9-11,13-14,16-20H2,1-8H3,(H,72,73,74)/t22-,23?,24?,25?,27+,28?,29-,30?,32?,33+,34?,35?,36?,37?,38?,39?,40?,41?,42?,43?,44?,45?,46?,47?,48?,49?,50?,51?,52?,53?,54?,55?,56-,57-/m1/s1. The van der Waals surface area contributed by atoms with Gasteiger partial charge >= 0.3 is 10.4 Å². The van der Waals surface area contributed by atoms with Crippen LogP contribution < -0.4 is 0 Å². The van der Waals surface area contributed by atoms with Crippen molar-refractivity contribution in [2.75, 3.05) is 13.2 Å². The number of hydrogen-bond donors (Lipinski definition) is 14. The van der Waals surface area contributed by atoms with Crippen molar-refractivity contribution in [2.24, 2.45) is 40.4 Å². The summed E-state index contributed by atoms with van der Waals surface area (Å²) in [6.07, 6.45) is -37.8. The third-order valence-corrected chi connectivity index (χ3v) is 21.0. The largest absolute Gasteiger partial charge is 0.397 e. The van der Waals surface area contributed by atoms with Crippen LogP contribution >= 0.6 is 0 Å². The summed E-state index contributed by atoms with van der Waals surface area (Å²) in [5, 5.41) is 145. The third kappa shape index (κ3) is 13.5. The van der Waals surface area contributed by atoms with Gasteiger partial charge in [-0.2, -0.15) is 8.42 Å². The van der Waals surface area contributed by atoms with Crippen LogP contribution in [0.5, 0.6) is 0 Å². The molecule has 9 aliphatic rings. The molecule has 0 aromatic rings. The Bertz CT molecular complexity index is 2490. The van der Waals surface area contributed by atoms with Crippen LogP contribution in [-0.2, 0) is 66.7 Å². The smallest absolute Gasteiger partial charge is 0.394 e. The van der Waals surface area contributed by atoms with E-state index in [1.807, 2.05) is 13.8 Å². The van der Waals surface area contributed by atoms with E-state index in [0.717, 1.165) is 24.8 Å². The Morgan fingerprint density at radius 1 is 0.605 bits per heavy atom. The predicted octanol–water partition coefficient (Wildman–Crippen LogP) is -2.51. The summed E-state index contributed by atoms with van der Waals surface area (Å²) in [7, 11) is -4.89. The Morgan fingerprint density at radius 3 is 1.71 bits per heavy atom. The van der Waals surface area contributed by atoms with Crippen molar-refractivity contribution in [3.8, 4) is 0 Å². The van der Waals surface area contributed by atoms with E-state index in [1.165, 1.54) is 26.3 Å². The highest BCUT2D eigenvalue weighted by Gasteiger charge is 2.63. The van der Waals surface area contributed by atoms with Gasteiger partial charge in [-0.1, -0.05) is 38.0 Å². The SMILES string of the molecule is CC(C)=CC(=O)C[C@@H](C)[C@H]1CCC2C3C[C@H](OC4OC(CO)C(O)C(OC5OC(C)C(OC6OC(CO)C(O)C(O)C6OC6OC(C)C(O)C(O)C6O)C(O)C5OC5OC(C)C(O)C(O)C5O)C4O)C4C[C@@H](OS(=O)(=O)O)CC[C@]4(C)C3=CC[C@@]21C. The number of rotatable bonds is 18. The molecule has 34 atom stereocenters. The maximum Gasteiger partial charge on any atom is 0.397 e.